The number of rotatable bonds is 3. The Morgan fingerprint density at radius 3 is 2.95 bits per heavy atom. The summed E-state index contributed by atoms with van der Waals surface area (Å²) in [7, 11) is 1.72. The van der Waals surface area contributed by atoms with Gasteiger partial charge >= 0.3 is 0 Å². The van der Waals surface area contributed by atoms with Crippen molar-refractivity contribution in [1.29, 1.82) is 0 Å². The molecule has 104 valence electrons. The highest BCUT2D eigenvalue weighted by atomic mass is 79.9. The lowest BCUT2D eigenvalue weighted by Crippen LogP contribution is -2.39. The Morgan fingerprint density at radius 1 is 1.37 bits per heavy atom. The maximum absolute atomic E-state index is 5.41. The molecule has 3 rings (SSSR count). The van der Waals surface area contributed by atoms with Crippen LogP contribution in [0.2, 0.25) is 0 Å². The molecule has 2 aliphatic rings. The van der Waals surface area contributed by atoms with Crippen LogP contribution >= 0.6 is 15.9 Å². The Morgan fingerprint density at radius 2 is 2.21 bits per heavy atom. The van der Waals surface area contributed by atoms with E-state index in [9.17, 15) is 0 Å². The molecule has 0 amide bonds. The lowest BCUT2D eigenvalue weighted by molar-refractivity contribution is 0.412. The van der Waals surface area contributed by atoms with E-state index in [2.05, 4.69) is 44.3 Å². The second-order valence-corrected chi connectivity index (χ2v) is 6.37. The van der Waals surface area contributed by atoms with Gasteiger partial charge in [-0.25, -0.2) is 0 Å². The summed E-state index contributed by atoms with van der Waals surface area (Å²) in [4.78, 5) is 2.50. The molecule has 0 bridgehead atoms. The fraction of sp³-hybridized carbons (Fsp3) is 0.600. The van der Waals surface area contributed by atoms with Crippen molar-refractivity contribution in [2.75, 3.05) is 31.6 Å². The van der Waals surface area contributed by atoms with E-state index >= 15 is 0 Å². The first kappa shape index (κ1) is 13.3. The van der Waals surface area contributed by atoms with E-state index in [0.717, 1.165) is 35.8 Å². The molecular weight excluding hydrogens is 304 g/mol. The number of nitrogens with one attached hydrogen (secondary N) is 1. The Balaban J connectivity index is 1.78. The minimum absolute atomic E-state index is 0.664. The summed E-state index contributed by atoms with van der Waals surface area (Å²) in [5, 5.41) is 3.70. The molecule has 1 aromatic carbocycles. The molecule has 1 aromatic rings. The lowest BCUT2D eigenvalue weighted by atomic mass is 10.1. The monoisotopic (exact) mass is 324 g/mol. The van der Waals surface area contributed by atoms with Gasteiger partial charge in [0.1, 0.15) is 5.75 Å². The molecule has 0 radical (unpaired) electrons. The molecule has 1 aliphatic heterocycles. The van der Waals surface area contributed by atoms with Crippen molar-refractivity contribution in [1.82, 2.24) is 5.32 Å². The molecule has 4 heteroatoms. The van der Waals surface area contributed by atoms with Crippen molar-refractivity contribution in [2.24, 2.45) is 5.92 Å². The van der Waals surface area contributed by atoms with Crippen molar-refractivity contribution >= 4 is 21.6 Å². The number of anilines is 1. The highest BCUT2D eigenvalue weighted by molar-refractivity contribution is 9.10. The number of hydrogen-bond acceptors (Lipinski definition) is 3. The maximum atomic E-state index is 5.41. The van der Waals surface area contributed by atoms with Gasteiger partial charge in [0.2, 0.25) is 0 Å². The van der Waals surface area contributed by atoms with Gasteiger partial charge in [-0.3, -0.25) is 0 Å². The van der Waals surface area contributed by atoms with Crippen LogP contribution in [0.5, 0.6) is 5.75 Å². The fourth-order valence-electron chi connectivity index (χ4n) is 2.84. The summed E-state index contributed by atoms with van der Waals surface area (Å²) in [6.45, 7) is 3.39. The first-order valence-electron chi connectivity index (χ1n) is 7.10. The number of hydrogen-bond donors (Lipinski definition) is 1. The van der Waals surface area contributed by atoms with Crippen LogP contribution < -0.4 is 15.0 Å². The zero-order chi connectivity index (χ0) is 13.2. The van der Waals surface area contributed by atoms with Crippen LogP contribution in [0, 0.1) is 5.92 Å². The normalized spacial score (nSPS) is 24.1. The van der Waals surface area contributed by atoms with Crippen LogP contribution in [-0.2, 0) is 0 Å². The molecule has 1 heterocycles. The topological polar surface area (TPSA) is 24.5 Å². The molecule has 3 nitrogen and oxygen atoms in total. The molecule has 1 aliphatic carbocycles. The second kappa shape index (κ2) is 5.71. The summed E-state index contributed by atoms with van der Waals surface area (Å²) in [6, 6.07) is 7.07. The van der Waals surface area contributed by atoms with Crippen LogP contribution in [-0.4, -0.2) is 32.8 Å². The first-order chi connectivity index (χ1) is 9.28. The quantitative estimate of drug-likeness (QED) is 0.924. The van der Waals surface area contributed by atoms with E-state index in [1.54, 1.807) is 7.11 Å². The summed E-state index contributed by atoms with van der Waals surface area (Å²) in [5.41, 5.74) is 1.27. The van der Waals surface area contributed by atoms with E-state index in [-0.39, 0.29) is 0 Å². The summed E-state index contributed by atoms with van der Waals surface area (Å²) >= 11 is 3.52. The third kappa shape index (κ3) is 3.06. The Labute approximate surface area is 123 Å². The van der Waals surface area contributed by atoms with E-state index < -0.39 is 0 Å². The van der Waals surface area contributed by atoms with Crippen molar-refractivity contribution in [2.45, 2.75) is 25.3 Å². The van der Waals surface area contributed by atoms with Gasteiger partial charge in [0.25, 0.3) is 0 Å². The van der Waals surface area contributed by atoms with Gasteiger partial charge in [-0.2, -0.15) is 0 Å². The van der Waals surface area contributed by atoms with Crippen molar-refractivity contribution in [3.8, 4) is 5.75 Å². The van der Waals surface area contributed by atoms with Crippen LogP contribution in [0.25, 0.3) is 0 Å². The average molecular weight is 325 g/mol. The minimum Gasteiger partial charge on any atom is -0.495 e. The zero-order valence-corrected chi connectivity index (χ0v) is 12.9. The van der Waals surface area contributed by atoms with Gasteiger partial charge in [0.15, 0.2) is 0 Å². The Bertz CT molecular complexity index is 448. The fourth-order valence-corrected chi connectivity index (χ4v) is 3.25. The van der Waals surface area contributed by atoms with Gasteiger partial charge in [-0.05, 0) is 59.8 Å². The smallest absolute Gasteiger partial charge is 0.135 e. The zero-order valence-electron chi connectivity index (χ0n) is 11.4. The minimum atomic E-state index is 0.664. The molecule has 2 fully saturated rings. The molecule has 1 unspecified atom stereocenters. The van der Waals surface area contributed by atoms with Crippen molar-refractivity contribution < 1.29 is 4.74 Å². The van der Waals surface area contributed by atoms with Crippen LogP contribution in [0.3, 0.4) is 0 Å². The van der Waals surface area contributed by atoms with Gasteiger partial charge in [0.05, 0.1) is 11.6 Å². The van der Waals surface area contributed by atoms with Crippen molar-refractivity contribution in [3.05, 3.63) is 22.7 Å². The number of halogens is 1. The highest BCUT2D eigenvalue weighted by Crippen LogP contribution is 2.35. The van der Waals surface area contributed by atoms with E-state index in [1.807, 2.05) is 0 Å². The Hall–Kier alpha value is -0.740. The first-order valence-corrected chi connectivity index (χ1v) is 7.89. The SMILES string of the molecule is COc1cc(N2CCCNC(C3CC3)C2)ccc1Br. The van der Waals surface area contributed by atoms with Gasteiger partial charge < -0.3 is 15.0 Å². The standard InChI is InChI=1S/C15H21BrN2O/c1-19-15-9-12(5-6-13(15)16)18-8-2-7-17-14(10-18)11-3-4-11/h5-6,9,11,14,17H,2-4,7-8,10H2,1H3. The lowest BCUT2D eigenvalue weighted by Gasteiger charge is -2.27. The number of benzene rings is 1. The predicted molar refractivity (Wildman–Crippen MR) is 82.0 cm³/mol. The predicted octanol–water partition coefficient (Wildman–Crippen LogP) is 3.04. The van der Waals surface area contributed by atoms with Gasteiger partial charge in [0, 0.05) is 30.9 Å². The van der Waals surface area contributed by atoms with Gasteiger partial charge in [-0.1, -0.05) is 0 Å². The summed E-state index contributed by atoms with van der Waals surface area (Å²) in [5.74, 6) is 1.82. The molecule has 0 aromatic heterocycles. The third-order valence-corrected chi connectivity index (χ3v) is 4.77. The number of methoxy groups -OCH3 is 1. The van der Waals surface area contributed by atoms with E-state index in [0.29, 0.717) is 6.04 Å². The maximum Gasteiger partial charge on any atom is 0.135 e. The van der Waals surface area contributed by atoms with Crippen LogP contribution in [0.4, 0.5) is 5.69 Å². The van der Waals surface area contributed by atoms with E-state index in [4.69, 9.17) is 4.74 Å². The molecule has 19 heavy (non-hydrogen) atoms. The molecule has 1 saturated heterocycles. The third-order valence-electron chi connectivity index (χ3n) is 4.12. The molecule has 1 saturated carbocycles. The summed E-state index contributed by atoms with van der Waals surface area (Å²) < 4.78 is 6.42. The molecule has 0 spiro atoms. The summed E-state index contributed by atoms with van der Waals surface area (Å²) in [6.07, 6.45) is 4.01. The van der Waals surface area contributed by atoms with Crippen LogP contribution in [0.15, 0.2) is 22.7 Å². The molecular formula is C15H21BrN2O. The second-order valence-electron chi connectivity index (χ2n) is 5.52. The molecule has 1 atom stereocenters. The van der Waals surface area contributed by atoms with Crippen molar-refractivity contribution in [3.63, 3.8) is 0 Å². The molecule has 1 N–H and O–H groups in total. The van der Waals surface area contributed by atoms with Gasteiger partial charge in [-0.15, -0.1) is 0 Å². The van der Waals surface area contributed by atoms with E-state index in [1.165, 1.54) is 24.9 Å². The number of nitrogens with zero attached hydrogens (tertiary/aromatic N) is 1. The highest BCUT2D eigenvalue weighted by Gasteiger charge is 2.33. The number of ether oxygens (including phenoxy) is 1. The average Bonchev–Trinajstić information content (AvgIpc) is 3.25. The van der Waals surface area contributed by atoms with Crippen LogP contribution in [0.1, 0.15) is 19.3 Å². The Kier molecular flexibility index (Phi) is 3.99. The largest absolute Gasteiger partial charge is 0.495 e.